The summed E-state index contributed by atoms with van der Waals surface area (Å²) < 4.78 is 0. The molecule has 3 heteroatoms. The van der Waals surface area contributed by atoms with Gasteiger partial charge in [-0.1, -0.05) is 49.8 Å². The predicted octanol–water partition coefficient (Wildman–Crippen LogP) is 3.01. The van der Waals surface area contributed by atoms with E-state index in [1.54, 1.807) is 0 Å². The maximum Gasteiger partial charge on any atom is 0.0590 e. The third-order valence-corrected chi connectivity index (χ3v) is 3.06. The molecule has 20 heavy (non-hydrogen) atoms. The van der Waals surface area contributed by atoms with E-state index < -0.39 is 0 Å². The Labute approximate surface area is 124 Å². The van der Waals surface area contributed by atoms with Crippen molar-refractivity contribution in [3.63, 3.8) is 0 Å². The summed E-state index contributed by atoms with van der Waals surface area (Å²) in [7, 11) is 0. The van der Waals surface area contributed by atoms with Gasteiger partial charge in [-0.2, -0.15) is 0 Å². The topological polar surface area (TPSA) is 64.1 Å². The minimum absolute atomic E-state index is 0.0960. The summed E-state index contributed by atoms with van der Waals surface area (Å²) in [5.41, 5.74) is 13.0. The molecule has 0 aromatic heterocycles. The SMILES string of the molecule is C=C(/C=C/C=C/CCCCCCN)NC(CN)C(=C)C. The van der Waals surface area contributed by atoms with Crippen molar-refractivity contribution in [2.45, 2.75) is 45.1 Å². The van der Waals surface area contributed by atoms with Gasteiger partial charge in [0, 0.05) is 12.2 Å². The van der Waals surface area contributed by atoms with Crippen LogP contribution in [0, 0.1) is 0 Å². The van der Waals surface area contributed by atoms with Crippen LogP contribution in [0.1, 0.15) is 39.0 Å². The normalized spacial score (nSPS) is 12.9. The molecule has 0 bridgehead atoms. The van der Waals surface area contributed by atoms with E-state index in [4.69, 9.17) is 11.5 Å². The van der Waals surface area contributed by atoms with Crippen molar-refractivity contribution < 1.29 is 0 Å². The fraction of sp³-hybridized carbons (Fsp3) is 0.529. The molecular weight excluding hydrogens is 246 g/mol. The number of hydrogen-bond donors (Lipinski definition) is 3. The van der Waals surface area contributed by atoms with Crippen LogP contribution in [0.2, 0.25) is 0 Å². The second kappa shape index (κ2) is 12.7. The molecular formula is C17H31N3. The summed E-state index contributed by atoms with van der Waals surface area (Å²) in [6.45, 7) is 11.2. The van der Waals surface area contributed by atoms with Gasteiger partial charge < -0.3 is 16.8 Å². The zero-order chi connectivity index (χ0) is 15.2. The van der Waals surface area contributed by atoms with Gasteiger partial charge in [0.2, 0.25) is 0 Å². The van der Waals surface area contributed by atoms with Gasteiger partial charge in [0.25, 0.3) is 0 Å². The standard InChI is InChI=1S/C17H31N3/c1-15(2)17(14-19)20-16(3)12-10-8-6-4-5-7-9-11-13-18/h6,8,10,12,17,20H,1,3-5,7,9,11,13-14,18-19H2,2H3/b8-6+,12-10+. The van der Waals surface area contributed by atoms with Gasteiger partial charge >= 0.3 is 0 Å². The van der Waals surface area contributed by atoms with Gasteiger partial charge in [0.1, 0.15) is 0 Å². The van der Waals surface area contributed by atoms with Crippen molar-refractivity contribution >= 4 is 0 Å². The molecule has 0 radical (unpaired) electrons. The van der Waals surface area contributed by atoms with Crippen molar-refractivity contribution in [3.05, 3.63) is 48.7 Å². The highest BCUT2D eigenvalue weighted by Gasteiger charge is 2.04. The van der Waals surface area contributed by atoms with Crippen molar-refractivity contribution in [2.75, 3.05) is 13.1 Å². The molecule has 1 atom stereocenters. The lowest BCUT2D eigenvalue weighted by atomic mass is 10.1. The van der Waals surface area contributed by atoms with Crippen LogP contribution in [0.15, 0.2) is 48.7 Å². The summed E-state index contributed by atoms with van der Waals surface area (Å²) in [4.78, 5) is 0. The fourth-order valence-electron chi connectivity index (χ4n) is 1.76. The lowest BCUT2D eigenvalue weighted by Gasteiger charge is -2.17. The molecule has 0 aliphatic heterocycles. The van der Waals surface area contributed by atoms with Gasteiger partial charge in [-0.05, 0) is 38.8 Å². The lowest BCUT2D eigenvalue weighted by Crippen LogP contribution is -2.35. The van der Waals surface area contributed by atoms with Crippen LogP contribution in [-0.4, -0.2) is 19.1 Å². The van der Waals surface area contributed by atoms with Crippen molar-refractivity contribution in [1.29, 1.82) is 0 Å². The molecule has 0 rings (SSSR count). The molecule has 0 aromatic carbocycles. The first-order valence-corrected chi connectivity index (χ1v) is 7.46. The van der Waals surface area contributed by atoms with Gasteiger partial charge in [-0.25, -0.2) is 0 Å². The molecule has 0 aliphatic rings. The van der Waals surface area contributed by atoms with Crippen molar-refractivity contribution in [2.24, 2.45) is 11.5 Å². The van der Waals surface area contributed by atoms with E-state index in [9.17, 15) is 0 Å². The van der Waals surface area contributed by atoms with Gasteiger partial charge in [0.15, 0.2) is 0 Å². The Morgan fingerprint density at radius 3 is 2.40 bits per heavy atom. The Kier molecular flexibility index (Phi) is 11.9. The maximum absolute atomic E-state index is 5.66. The fourth-order valence-corrected chi connectivity index (χ4v) is 1.76. The summed E-state index contributed by atoms with van der Waals surface area (Å²) in [5.74, 6) is 0. The quantitative estimate of drug-likeness (QED) is 0.292. The molecule has 1 unspecified atom stereocenters. The molecule has 0 spiro atoms. The van der Waals surface area contributed by atoms with Crippen LogP contribution in [0.5, 0.6) is 0 Å². The third kappa shape index (κ3) is 10.6. The lowest BCUT2D eigenvalue weighted by molar-refractivity contribution is 0.653. The Balaban J connectivity index is 3.77. The predicted molar refractivity (Wildman–Crippen MR) is 90.4 cm³/mol. The Morgan fingerprint density at radius 2 is 1.80 bits per heavy atom. The first-order valence-electron chi connectivity index (χ1n) is 7.46. The van der Waals surface area contributed by atoms with Gasteiger partial charge in [0.05, 0.1) is 6.04 Å². The van der Waals surface area contributed by atoms with E-state index >= 15 is 0 Å². The van der Waals surface area contributed by atoms with E-state index in [0.29, 0.717) is 6.54 Å². The molecule has 3 nitrogen and oxygen atoms in total. The van der Waals surface area contributed by atoms with E-state index in [2.05, 4.69) is 30.6 Å². The monoisotopic (exact) mass is 277 g/mol. The van der Waals surface area contributed by atoms with Gasteiger partial charge in [-0.15, -0.1) is 0 Å². The first-order chi connectivity index (χ1) is 9.61. The molecule has 0 aliphatic carbocycles. The molecule has 0 fully saturated rings. The van der Waals surface area contributed by atoms with E-state index in [-0.39, 0.29) is 6.04 Å². The minimum atomic E-state index is 0.0960. The summed E-state index contributed by atoms with van der Waals surface area (Å²) in [6, 6.07) is 0.0960. The van der Waals surface area contributed by atoms with Gasteiger partial charge in [-0.3, -0.25) is 0 Å². The van der Waals surface area contributed by atoms with E-state index in [1.165, 1.54) is 19.3 Å². The zero-order valence-electron chi connectivity index (χ0n) is 12.9. The molecule has 0 aromatic rings. The Hall–Kier alpha value is -1.32. The highest BCUT2D eigenvalue weighted by atomic mass is 14.9. The average Bonchev–Trinajstić information content (AvgIpc) is 2.42. The van der Waals surface area contributed by atoms with E-state index in [1.807, 2.05) is 19.1 Å². The number of nitrogens with two attached hydrogens (primary N) is 2. The molecule has 5 N–H and O–H groups in total. The van der Waals surface area contributed by atoms with Crippen molar-refractivity contribution in [1.82, 2.24) is 5.32 Å². The number of allylic oxidation sites excluding steroid dienone is 4. The number of unbranched alkanes of at least 4 members (excludes halogenated alkanes) is 4. The smallest absolute Gasteiger partial charge is 0.0590 e. The number of nitrogens with one attached hydrogen (secondary N) is 1. The third-order valence-electron chi connectivity index (χ3n) is 3.06. The minimum Gasteiger partial charge on any atom is -0.378 e. The maximum atomic E-state index is 5.66. The second-order valence-corrected chi connectivity index (χ2v) is 5.08. The van der Waals surface area contributed by atoms with Crippen LogP contribution in [-0.2, 0) is 0 Å². The summed E-state index contributed by atoms with van der Waals surface area (Å²) in [6.07, 6.45) is 14.2. The number of hydrogen-bond acceptors (Lipinski definition) is 3. The van der Waals surface area contributed by atoms with Crippen LogP contribution < -0.4 is 16.8 Å². The highest BCUT2D eigenvalue weighted by Crippen LogP contribution is 2.03. The van der Waals surface area contributed by atoms with Crippen LogP contribution >= 0.6 is 0 Å². The average molecular weight is 277 g/mol. The molecule has 0 saturated heterocycles. The van der Waals surface area contributed by atoms with Crippen molar-refractivity contribution in [3.8, 4) is 0 Å². The Morgan fingerprint density at radius 1 is 1.10 bits per heavy atom. The first kappa shape index (κ1) is 18.7. The van der Waals surface area contributed by atoms with Crippen LogP contribution in [0.25, 0.3) is 0 Å². The van der Waals surface area contributed by atoms with Crippen LogP contribution in [0.4, 0.5) is 0 Å². The molecule has 0 heterocycles. The highest BCUT2D eigenvalue weighted by molar-refractivity contribution is 5.20. The molecule has 0 amide bonds. The van der Waals surface area contributed by atoms with E-state index in [0.717, 1.165) is 30.7 Å². The largest absolute Gasteiger partial charge is 0.378 e. The molecule has 0 saturated carbocycles. The van der Waals surface area contributed by atoms with Crippen LogP contribution in [0.3, 0.4) is 0 Å². The molecule has 114 valence electrons. The zero-order valence-corrected chi connectivity index (χ0v) is 12.9. The second-order valence-electron chi connectivity index (χ2n) is 5.08. The summed E-state index contributed by atoms with van der Waals surface area (Å²) in [5, 5.41) is 3.24. The summed E-state index contributed by atoms with van der Waals surface area (Å²) >= 11 is 0. The Bertz CT molecular complexity index is 329. The number of rotatable bonds is 12.